The molecule has 2 atom stereocenters. The van der Waals surface area contributed by atoms with Crippen molar-refractivity contribution in [2.24, 2.45) is 5.92 Å². The van der Waals surface area contributed by atoms with E-state index in [2.05, 4.69) is 9.88 Å². The zero-order chi connectivity index (χ0) is 16.2. The van der Waals surface area contributed by atoms with Crippen molar-refractivity contribution in [1.29, 1.82) is 0 Å². The Bertz CT molecular complexity index is 552. The summed E-state index contributed by atoms with van der Waals surface area (Å²) in [7, 11) is 3.30. The second kappa shape index (κ2) is 7.27. The van der Waals surface area contributed by atoms with Gasteiger partial charge in [-0.05, 0) is 31.4 Å². The number of likely N-dealkylation sites (tertiary alicyclic amines) is 2. The number of aromatic nitrogens is 1. The number of hydrogen-bond acceptors (Lipinski definition) is 5. The number of rotatable bonds is 6. The average molecular weight is 319 g/mol. The number of piperidine rings is 2. The fraction of sp³-hybridized carbons (Fsp3) is 0.647. The summed E-state index contributed by atoms with van der Waals surface area (Å²) >= 11 is 0. The van der Waals surface area contributed by atoms with Crippen LogP contribution in [0.2, 0.25) is 0 Å². The lowest BCUT2D eigenvalue weighted by Crippen LogP contribution is -2.59. The lowest BCUT2D eigenvalue weighted by Gasteiger charge is -2.46. The monoisotopic (exact) mass is 319 g/mol. The Morgan fingerprint density at radius 3 is 3.00 bits per heavy atom. The summed E-state index contributed by atoms with van der Waals surface area (Å²) in [4.78, 5) is 21.5. The first-order chi connectivity index (χ1) is 11.2. The molecule has 0 aliphatic carbocycles. The largest absolute Gasteiger partial charge is 0.481 e. The van der Waals surface area contributed by atoms with Gasteiger partial charge in [-0.2, -0.15) is 0 Å². The standard InChI is InChI=1S/C17H25N3O3/c1-22-9-8-20-11-13-6-7-19(15(10-13)17(20)21)12-14-4-3-5-16(18-14)23-2/h3-5,13,15H,6-12H2,1-2H3/t13-,15+/m0/s1. The lowest BCUT2D eigenvalue weighted by atomic mass is 9.86. The van der Waals surface area contributed by atoms with Crippen LogP contribution in [0.4, 0.5) is 0 Å². The maximum absolute atomic E-state index is 12.7. The molecule has 0 spiro atoms. The molecule has 6 nitrogen and oxygen atoms in total. The number of methoxy groups -OCH3 is 2. The number of carbonyl (C=O) groups excluding carboxylic acids is 1. The van der Waals surface area contributed by atoms with Gasteiger partial charge in [0.1, 0.15) is 0 Å². The van der Waals surface area contributed by atoms with Crippen LogP contribution in [0.1, 0.15) is 18.5 Å². The first kappa shape index (κ1) is 16.2. The molecule has 2 aliphatic heterocycles. The highest BCUT2D eigenvalue weighted by Gasteiger charge is 2.40. The highest BCUT2D eigenvalue weighted by atomic mass is 16.5. The number of pyridine rings is 1. The SMILES string of the molecule is COCCN1C[C@H]2CCN(Cc3cccc(OC)n3)[C@H](C2)C1=O. The molecule has 3 heterocycles. The number of carbonyl (C=O) groups is 1. The van der Waals surface area contributed by atoms with Crippen molar-refractivity contribution in [3.8, 4) is 5.88 Å². The molecule has 3 rings (SSSR count). The fourth-order valence-corrected chi connectivity index (χ4v) is 3.58. The van der Waals surface area contributed by atoms with Gasteiger partial charge >= 0.3 is 0 Å². The number of fused-ring (bicyclic) bond motifs is 2. The molecule has 0 N–H and O–H groups in total. The molecule has 2 saturated heterocycles. The Morgan fingerprint density at radius 1 is 1.35 bits per heavy atom. The van der Waals surface area contributed by atoms with Crippen LogP contribution in [0, 0.1) is 5.92 Å². The van der Waals surface area contributed by atoms with Crippen LogP contribution >= 0.6 is 0 Å². The van der Waals surface area contributed by atoms with E-state index in [4.69, 9.17) is 9.47 Å². The van der Waals surface area contributed by atoms with Crippen molar-refractivity contribution in [3.63, 3.8) is 0 Å². The van der Waals surface area contributed by atoms with Crippen molar-refractivity contribution in [1.82, 2.24) is 14.8 Å². The summed E-state index contributed by atoms with van der Waals surface area (Å²) in [5.41, 5.74) is 0.949. The van der Waals surface area contributed by atoms with Crippen molar-refractivity contribution in [2.75, 3.05) is 40.5 Å². The molecule has 1 aromatic rings. The molecule has 0 unspecified atom stereocenters. The third-order valence-corrected chi connectivity index (χ3v) is 4.82. The van der Waals surface area contributed by atoms with Gasteiger partial charge in [-0.1, -0.05) is 6.07 Å². The van der Waals surface area contributed by atoms with Gasteiger partial charge in [0, 0.05) is 32.8 Å². The molecule has 0 aromatic carbocycles. The summed E-state index contributed by atoms with van der Waals surface area (Å²) in [5.74, 6) is 1.47. The molecule has 2 bridgehead atoms. The van der Waals surface area contributed by atoms with E-state index in [9.17, 15) is 4.79 Å². The van der Waals surface area contributed by atoms with E-state index in [1.54, 1.807) is 14.2 Å². The van der Waals surface area contributed by atoms with Gasteiger partial charge in [-0.25, -0.2) is 4.98 Å². The van der Waals surface area contributed by atoms with E-state index in [0.29, 0.717) is 31.5 Å². The quantitative estimate of drug-likeness (QED) is 0.787. The first-order valence-electron chi connectivity index (χ1n) is 8.23. The zero-order valence-corrected chi connectivity index (χ0v) is 13.9. The normalized spacial score (nSPS) is 24.8. The summed E-state index contributed by atoms with van der Waals surface area (Å²) in [5, 5.41) is 0. The van der Waals surface area contributed by atoms with Gasteiger partial charge in [0.25, 0.3) is 0 Å². The van der Waals surface area contributed by atoms with Gasteiger partial charge in [0.05, 0.1) is 25.5 Å². The molecular weight excluding hydrogens is 294 g/mol. The Labute approximate surface area is 137 Å². The summed E-state index contributed by atoms with van der Waals surface area (Å²) in [6, 6.07) is 5.76. The van der Waals surface area contributed by atoms with E-state index in [1.165, 1.54) is 0 Å². The summed E-state index contributed by atoms with van der Waals surface area (Å²) in [6.45, 7) is 3.82. The molecule has 2 fully saturated rings. The van der Waals surface area contributed by atoms with Crippen LogP contribution in [-0.4, -0.2) is 67.2 Å². The van der Waals surface area contributed by atoms with Crippen LogP contribution in [-0.2, 0) is 16.1 Å². The van der Waals surface area contributed by atoms with Gasteiger partial charge < -0.3 is 14.4 Å². The average Bonchev–Trinajstić information content (AvgIpc) is 2.59. The minimum atomic E-state index is -0.0210. The van der Waals surface area contributed by atoms with Crippen LogP contribution in [0.3, 0.4) is 0 Å². The Kier molecular flexibility index (Phi) is 5.13. The predicted molar refractivity (Wildman–Crippen MR) is 86.2 cm³/mol. The Hall–Kier alpha value is -1.66. The first-order valence-corrected chi connectivity index (χ1v) is 8.23. The molecule has 1 amide bonds. The van der Waals surface area contributed by atoms with E-state index in [1.807, 2.05) is 23.1 Å². The van der Waals surface area contributed by atoms with E-state index in [-0.39, 0.29) is 11.9 Å². The Morgan fingerprint density at radius 2 is 2.22 bits per heavy atom. The molecule has 23 heavy (non-hydrogen) atoms. The number of hydrogen-bond donors (Lipinski definition) is 0. The van der Waals surface area contributed by atoms with Crippen molar-refractivity contribution >= 4 is 5.91 Å². The number of ether oxygens (including phenoxy) is 2. The van der Waals surface area contributed by atoms with Crippen LogP contribution in [0.5, 0.6) is 5.88 Å². The summed E-state index contributed by atoms with van der Waals surface area (Å²) in [6.07, 6.45) is 2.10. The van der Waals surface area contributed by atoms with Crippen molar-refractivity contribution < 1.29 is 14.3 Å². The molecule has 126 valence electrons. The molecule has 0 radical (unpaired) electrons. The summed E-state index contributed by atoms with van der Waals surface area (Å²) < 4.78 is 10.3. The second-order valence-electron chi connectivity index (χ2n) is 6.33. The van der Waals surface area contributed by atoms with Gasteiger partial charge in [0.2, 0.25) is 11.8 Å². The highest BCUT2D eigenvalue weighted by molar-refractivity contribution is 5.83. The topological polar surface area (TPSA) is 54.9 Å². The fourth-order valence-electron chi connectivity index (χ4n) is 3.58. The van der Waals surface area contributed by atoms with Gasteiger partial charge in [0.15, 0.2) is 0 Å². The van der Waals surface area contributed by atoms with Crippen molar-refractivity contribution in [2.45, 2.75) is 25.4 Å². The maximum Gasteiger partial charge on any atom is 0.240 e. The van der Waals surface area contributed by atoms with Crippen molar-refractivity contribution in [3.05, 3.63) is 23.9 Å². The van der Waals surface area contributed by atoms with E-state index in [0.717, 1.165) is 31.6 Å². The van der Waals surface area contributed by atoms with Gasteiger partial charge in [-0.3, -0.25) is 9.69 Å². The maximum atomic E-state index is 12.7. The van der Waals surface area contributed by atoms with Crippen LogP contribution in [0.15, 0.2) is 18.2 Å². The lowest BCUT2D eigenvalue weighted by molar-refractivity contribution is -0.146. The highest BCUT2D eigenvalue weighted by Crippen LogP contribution is 2.30. The predicted octanol–water partition coefficient (Wildman–Crippen LogP) is 1.16. The smallest absolute Gasteiger partial charge is 0.240 e. The molecule has 1 aromatic heterocycles. The van der Waals surface area contributed by atoms with E-state index >= 15 is 0 Å². The third-order valence-electron chi connectivity index (χ3n) is 4.82. The molecule has 6 heteroatoms. The minimum Gasteiger partial charge on any atom is -0.481 e. The molecular formula is C17H25N3O3. The number of nitrogens with zero attached hydrogens (tertiary/aromatic N) is 3. The Balaban J connectivity index is 1.69. The molecule has 2 aliphatic rings. The van der Waals surface area contributed by atoms with Crippen LogP contribution in [0.25, 0.3) is 0 Å². The van der Waals surface area contributed by atoms with E-state index < -0.39 is 0 Å². The zero-order valence-electron chi connectivity index (χ0n) is 13.9. The molecule has 0 saturated carbocycles. The van der Waals surface area contributed by atoms with Gasteiger partial charge in [-0.15, -0.1) is 0 Å². The number of amides is 1. The second-order valence-corrected chi connectivity index (χ2v) is 6.33. The third kappa shape index (κ3) is 3.64. The minimum absolute atomic E-state index is 0.0210. The van der Waals surface area contributed by atoms with Crippen LogP contribution < -0.4 is 4.74 Å².